The molecule has 0 atom stereocenters. The largest absolute Gasteiger partial charge is 0.309 e. The first-order valence-corrected chi connectivity index (χ1v) is 11.2. The van der Waals surface area contributed by atoms with Gasteiger partial charge in [0.2, 0.25) is 0 Å². The van der Waals surface area contributed by atoms with E-state index in [1.807, 2.05) is 12.4 Å². The molecule has 1 aliphatic carbocycles. The van der Waals surface area contributed by atoms with E-state index in [1.54, 1.807) is 0 Å². The van der Waals surface area contributed by atoms with Crippen LogP contribution in [-0.4, -0.2) is 9.55 Å². The van der Waals surface area contributed by atoms with E-state index in [1.165, 1.54) is 54.8 Å². The predicted octanol–water partition coefficient (Wildman–Crippen LogP) is 7.64. The Morgan fingerprint density at radius 1 is 0.656 bits per heavy atom. The van der Waals surface area contributed by atoms with Crippen LogP contribution in [0, 0.1) is 0 Å². The fraction of sp³-hybridized carbons (Fsp3) is 0.100. The quantitative estimate of drug-likeness (QED) is 0.272. The average molecular weight is 411 g/mol. The van der Waals surface area contributed by atoms with Crippen molar-refractivity contribution in [3.05, 3.63) is 108 Å². The summed E-state index contributed by atoms with van der Waals surface area (Å²) in [6.07, 6.45) is 3.74. The van der Waals surface area contributed by atoms with Crippen molar-refractivity contribution in [2.75, 3.05) is 0 Å². The maximum Gasteiger partial charge on any atom is 0.0547 e. The Kier molecular flexibility index (Phi) is 3.37. The third kappa shape index (κ3) is 2.12. The summed E-state index contributed by atoms with van der Waals surface area (Å²) in [5, 5.41) is 5.28. The van der Waals surface area contributed by atoms with Gasteiger partial charge >= 0.3 is 0 Å². The van der Waals surface area contributed by atoms with Gasteiger partial charge in [-0.3, -0.25) is 4.98 Å². The molecule has 152 valence electrons. The Balaban J connectivity index is 1.75. The SMILES string of the molecule is CC1(C)c2ccccc2-c2c1ccc1ccc3c(c4ccccc4n3-c3ccncc3)c21. The van der Waals surface area contributed by atoms with Crippen LogP contribution >= 0.6 is 0 Å². The minimum absolute atomic E-state index is 0.00818. The maximum atomic E-state index is 4.24. The van der Waals surface area contributed by atoms with Gasteiger partial charge in [0.15, 0.2) is 0 Å². The Hall–Kier alpha value is -3.91. The normalized spacial score (nSPS) is 14.2. The molecule has 0 saturated heterocycles. The van der Waals surface area contributed by atoms with Gasteiger partial charge in [-0.25, -0.2) is 0 Å². The van der Waals surface area contributed by atoms with Crippen molar-refractivity contribution >= 4 is 32.6 Å². The number of para-hydroxylation sites is 1. The fourth-order valence-corrected chi connectivity index (χ4v) is 5.84. The van der Waals surface area contributed by atoms with E-state index < -0.39 is 0 Å². The van der Waals surface area contributed by atoms with Crippen LogP contribution in [0.4, 0.5) is 0 Å². The van der Waals surface area contributed by atoms with E-state index in [-0.39, 0.29) is 5.41 Å². The molecule has 0 bridgehead atoms. The first-order valence-electron chi connectivity index (χ1n) is 11.2. The van der Waals surface area contributed by atoms with E-state index >= 15 is 0 Å². The number of fused-ring (bicyclic) bond motifs is 9. The van der Waals surface area contributed by atoms with Gasteiger partial charge < -0.3 is 4.57 Å². The van der Waals surface area contributed by atoms with Crippen LogP contribution in [0.25, 0.3) is 49.4 Å². The monoisotopic (exact) mass is 410 g/mol. The van der Waals surface area contributed by atoms with Gasteiger partial charge in [0.05, 0.1) is 11.0 Å². The van der Waals surface area contributed by atoms with Crippen molar-refractivity contribution in [2.45, 2.75) is 19.3 Å². The topological polar surface area (TPSA) is 17.8 Å². The number of pyridine rings is 1. The molecule has 4 aromatic carbocycles. The van der Waals surface area contributed by atoms with Gasteiger partial charge in [0.1, 0.15) is 0 Å². The van der Waals surface area contributed by atoms with Crippen LogP contribution in [0.15, 0.2) is 97.3 Å². The molecule has 0 saturated carbocycles. The molecule has 2 aromatic heterocycles. The zero-order valence-corrected chi connectivity index (χ0v) is 18.1. The summed E-state index contributed by atoms with van der Waals surface area (Å²) < 4.78 is 2.37. The smallest absolute Gasteiger partial charge is 0.0547 e. The summed E-state index contributed by atoms with van der Waals surface area (Å²) in [6.45, 7) is 4.70. The lowest BCUT2D eigenvalue weighted by Gasteiger charge is -2.21. The molecule has 0 N–H and O–H groups in total. The van der Waals surface area contributed by atoms with E-state index in [4.69, 9.17) is 0 Å². The minimum atomic E-state index is -0.00818. The van der Waals surface area contributed by atoms with Gasteiger partial charge in [0, 0.05) is 34.3 Å². The lowest BCUT2D eigenvalue weighted by molar-refractivity contribution is 0.661. The van der Waals surface area contributed by atoms with Gasteiger partial charge in [-0.15, -0.1) is 0 Å². The molecule has 7 rings (SSSR count). The molecule has 2 heteroatoms. The first-order chi connectivity index (χ1) is 15.7. The number of hydrogen-bond acceptors (Lipinski definition) is 1. The second-order valence-electron chi connectivity index (χ2n) is 9.27. The highest BCUT2D eigenvalue weighted by atomic mass is 15.0. The minimum Gasteiger partial charge on any atom is -0.309 e. The molecule has 0 radical (unpaired) electrons. The lowest BCUT2D eigenvalue weighted by atomic mass is 9.82. The molecule has 2 heterocycles. The Morgan fingerprint density at radius 3 is 2.28 bits per heavy atom. The summed E-state index contributed by atoms with van der Waals surface area (Å²) in [6, 6.07) is 31.1. The van der Waals surface area contributed by atoms with Gasteiger partial charge in [0.25, 0.3) is 0 Å². The van der Waals surface area contributed by atoms with E-state index in [0.717, 1.165) is 5.69 Å². The van der Waals surface area contributed by atoms with Crippen LogP contribution in [0.3, 0.4) is 0 Å². The molecule has 0 unspecified atom stereocenters. The molecule has 0 fully saturated rings. The van der Waals surface area contributed by atoms with Crippen molar-refractivity contribution in [1.82, 2.24) is 9.55 Å². The standard InChI is InChI=1S/C30H22N2/c1-30(2)23-9-5-3-7-21(23)28-24(30)13-11-19-12-14-26-29(27(19)28)22-8-4-6-10-25(22)32(26)20-15-17-31-18-16-20/h3-18H,1-2H3. The summed E-state index contributed by atoms with van der Waals surface area (Å²) in [4.78, 5) is 4.24. The van der Waals surface area contributed by atoms with Gasteiger partial charge in [-0.1, -0.05) is 74.5 Å². The summed E-state index contributed by atoms with van der Waals surface area (Å²) in [7, 11) is 0. The lowest BCUT2D eigenvalue weighted by Crippen LogP contribution is -2.14. The second-order valence-corrected chi connectivity index (χ2v) is 9.27. The van der Waals surface area contributed by atoms with Crippen molar-refractivity contribution < 1.29 is 0 Å². The molecular weight excluding hydrogens is 388 g/mol. The number of benzene rings is 4. The van der Waals surface area contributed by atoms with Crippen LogP contribution in [-0.2, 0) is 5.41 Å². The van der Waals surface area contributed by atoms with Crippen LogP contribution < -0.4 is 0 Å². The Bertz CT molecular complexity index is 1690. The summed E-state index contributed by atoms with van der Waals surface area (Å²) in [5.74, 6) is 0. The second kappa shape index (κ2) is 6.08. The average Bonchev–Trinajstić information content (AvgIpc) is 3.29. The van der Waals surface area contributed by atoms with Crippen LogP contribution in [0.2, 0.25) is 0 Å². The van der Waals surface area contributed by atoms with Crippen molar-refractivity contribution in [3.63, 3.8) is 0 Å². The van der Waals surface area contributed by atoms with Gasteiger partial charge in [-0.2, -0.15) is 0 Å². The molecule has 0 spiro atoms. The van der Waals surface area contributed by atoms with Crippen molar-refractivity contribution in [2.24, 2.45) is 0 Å². The van der Waals surface area contributed by atoms with Crippen molar-refractivity contribution in [1.29, 1.82) is 0 Å². The molecule has 2 nitrogen and oxygen atoms in total. The molecule has 32 heavy (non-hydrogen) atoms. The zero-order valence-electron chi connectivity index (χ0n) is 18.1. The number of hydrogen-bond donors (Lipinski definition) is 0. The third-order valence-corrected chi connectivity index (χ3v) is 7.28. The van der Waals surface area contributed by atoms with Crippen molar-refractivity contribution in [3.8, 4) is 16.8 Å². The fourth-order valence-electron chi connectivity index (χ4n) is 5.84. The Morgan fingerprint density at radius 2 is 1.41 bits per heavy atom. The molecule has 0 amide bonds. The van der Waals surface area contributed by atoms with E-state index in [9.17, 15) is 0 Å². The Labute approximate surface area is 186 Å². The highest BCUT2D eigenvalue weighted by Crippen LogP contribution is 2.53. The summed E-state index contributed by atoms with van der Waals surface area (Å²) in [5.41, 5.74) is 9.18. The first kappa shape index (κ1) is 17.7. The molecule has 0 aliphatic heterocycles. The van der Waals surface area contributed by atoms with Crippen LogP contribution in [0.5, 0.6) is 0 Å². The third-order valence-electron chi connectivity index (χ3n) is 7.28. The molecule has 6 aromatic rings. The highest BCUT2D eigenvalue weighted by Gasteiger charge is 2.36. The highest BCUT2D eigenvalue weighted by molar-refractivity contribution is 6.25. The number of rotatable bonds is 1. The maximum absolute atomic E-state index is 4.24. The number of aromatic nitrogens is 2. The zero-order chi connectivity index (χ0) is 21.4. The number of nitrogens with zero attached hydrogens (tertiary/aromatic N) is 2. The summed E-state index contributed by atoms with van der Waals surface area (Å²) >= 11 is 0. The molecule has 1 aliphatic rings. The van der Waals surface area contributed by atoms with Crippen LogP contribution in [0.1, 0.15) is 25.0 Å². The molecular formula is C30H22N2. The predicted molar refractivity (Wildman–Crippen MR) is 134 cm³/mol. The van der Waals surface area contributed by atoms with Gasteiger partial charge in [-0.05, 0) is 57.3 Å². The van der Waals surface area contributed by atoms with E-state index in [2.05, 4.69) is 108 Å². The van der Waals surface area contributed by atoms with E-state index in [0.29, 0.717) is 0 Å².